The van der Waals surface area contributed by atoms with Gasteiger partial charge in [-0.05, 0) is 29.5 Å². The van der Waals surface area contributed by atoms with E-state index in [0.29, 0.717) is 34.5 Å². The van der Waals surface area contributed by atoms with Crippen LogP contribution in [0.2, 0.25) is 0 Å². The summed E-state index contributed by atoms with van der Waals surface area (Å²) < 4.78 is 5.66. The van der Waals surface area contributed by atoms with Crippen molar-refractivity contribution >= 4 is 28.8 Å². The normalized spacial score (nSPS) is 18.7. The number of hydrogen-bond donors (Lipinski definition) is 0. The molecular formula is C25H26N2O3S. The lowest BCUT2D eigenvalue weighted by atomic mass is 9.92. The second-order valence-electron chi connectivity index (χ2n) is 8.04. The maximum absolute atomic E-state index is 13.2. The summed E-state index contributed by atoms with van der Waals surface area (Å²) >= 11 is 1.55. The molecule has 4 rings (SSSR count). The standard InChI is InChI=1S/C25H26N2O3S/c1-16(2)19-9-11-20(12-10-19)23-22(24(29)30-15-18-7-5-4-6-8-18)17(3)26-25-27(23)21(28)13-14-31-25/h4-12,16,23H,13-15H2,1-3H3/t23-/m0/s1. The highest BCUT2D eigenvalue weighted by molar-refractivity contribution is 8.14. The highest BCUT2D eigenvalue weighted by Gasteiger charge is 2.41. The van der Waals surface area contributed by atoms with Crippen LogP contribution in [-0.4, -0.2) is 27.7 Å². The van der Waals surface area contributed by atoms with Crippen LogP contribution in [0, 0.1) is 0 Å². The molecule has 0 aromatic heterocycles. The van der Waals surface area contributed by atoms with Gasteiger partial charge in [0.2, 0.25) is 5.91 Å². The molecule has 6 heteroatoms. The molecule has 2 aliphatic heterocycles. The number of esters is 1. The summed E-state index contributed by atoms with van der Waals surface area (Å²) in [6.45, 7) is 6.27. The number of ether oxygens (including phenoxy) is 1. The first-order valence-corrected chi connectivity index (χ1v) is 11.5. The predicted octanol–water partition coefficient (Wildman–Crippen LogP) is 5.20. The van der Waals surface area contributed by atoms with Gasteiger partial charge in [0.05, 0.1) is 17.3 Å². The third-order valence-corrected chi connectivity index (χ3v) is 6.51. The molecule has 5 nitrogen and oxygen atoms in total. The molecule has 0 unspecified atom stereocenters. The molecule has 0 aliphatic carbocycles. The van der Waals surface area contributed by atoms with Gasteiger partial charge in [-0.3, -0.25) is 9.69 Å². The summed E-state index contributed by atoms with van der Waals surface area (Å²) in [6.07, 6.45) is 0.426. The van der Waals surface area contributed by atoms with Crippen molar-refractivity contribution in [1.82, 2.24) is 4.90 Å². The molecule has 2 aromatic rings. The Morgan fingerprint density at radius 1 is 1.16 bits per heavy atom. The van der Waals surface area contributed by atoms with E-state index >= 15 is 0 Å². The second kappa shape index (κ2) is 9.10. The van der Waals surface area contributed by atoms with Crippen molar-refractivity contribution in [2.75, 3.05) is 5.75 Å². The molecule has 1 atom stereocenters. The third-order valence-electron chi connectivity index (χ3n) is 5.56. The lowest BCUT2D eigenvalue weighted by Crippen LogP contribution is -2.45. The van der Waals surface area contributed by atoms with Gasteiger partial charge in [0.25, 0.3) is 0 Å². The Hall–Kier alpha value is -2.86. The predicted molar refractivity (Wildman–Crippen MR) is 124 cm³/mol. The number of benzene rings is 2. The van der Waals surface area contributed by atoms with Crippen molar-refractivity contribution < 1.29 is 14.3 Å². The van der Waals surface area contributed by atoms with E-state index in [9.17, 15) is 9.59 Å². The molecule has 2 heterocycles. The Morgan fingerprint density at radius 3 is 2.55 bits per heavy atom. The van der Waals surface area contributed by atoms with Gasteiger partial charge in [-0.15, -0.1) is 0 Å². The highest BCUT2D eigenvalue weighted by atomic mass is 32.2. The van der Waals surface area contributed by atoms with Gasteiger partial charge in [0.15, 0.2) is 5.17 Å². The number of amides is 1. The number of carbonyl (C=O) groups excluding carboxylic acids is 2. The lowest BCUT2D eigenvalue weighted by Gasteiger charge is -2.39. The third kappa shape index (κ3) is 4.44. The van der Waals surface area contributed by atoms with Crippen molar-refractivity contribution in [2.45, 2.75) is 45.8 Å². The average Bonchev–Trinajstić information content (AvgIpc) is 2.77. The number of thioether (sulfide) groups is 1. The minimum atomic E-state index is -0.530. The van der Waals surface area contributed by atoms with Gasteiger partial charge in [0.1, 0.15) is 6.61 Å². The van der Waals surface area contributed by atoms with E-state index in [-0.39, 0.29) is 12.5 Å². The number of nitrogens with zero attached hydrogens (tertiary/aromatic N) is 2. The van der Waals surface area contributed by atoms with Gasteiger partial charge in [-0.2, -0.15) is 0 Å². The van der Waals surface area contributed by atoms with Gasteiger partial charge >= 0.3 is 5.97 Å². The summed E-state index contributed by atoms with van der Waals surface area (Å²) in [5, 5.41) is 0.659. The number of rotatable bonds is 5. The zero-order valence-electron chi connectivity index (χ0n) is 18.0. The van der Waals surface area contributed by atoms with E-state index in [1.165, 1.54) is 5.56 Å². The zero-order chi connectivity index (χ0) is 22.0. The first-order chi connectivity index (χ1) is 15.0. The SMILES string of the molecule is CC1=C(C(=O)OCc2ccccc2)[C@H](c2ccc(C(C)C)cc2)N2C(=O)CCSC2=N1. The maximum Gasteiger partial charge on any atom is 0.338 e. The van der Waals surface area contributed by atoms with Crippen LogP contribution in [0.15, 0.2) is 70.9 Å². The number of fused-ring (bicyclic) bond motifs is 1. The molecule has 160 valence electrons. The summed E-state index contributed by atoms with van der Waals surface area (Å²) in [4.78, 5) is 32.4. The quantitative estimate of drug-likeness (QED) is 0.607. The molecule has 0 radical (unpaired) electrons. The molecular weight excluding hydrogens is 408 g/mol. The van der Waals surface area contributed by atoms with E-state index in [1.54, 1.807) is 16.7 Å². The van der Waals surface area contributed by atoms with E-state index < -0.39 is 12.0 Å². The summed E-state index contributed by atoms with van der Waals surface area (Å²) in [5.74, 6) is 0.646. The number of amidine groups is 1. The smallest absolute Gasteiger partial charge is 0.338 e. The first kappa shape index (κ1) is 21.4. The van der Waals surface area contributed by atoms with E-state index in [1.807, 2.05) is 49.4 Å². The fourth-order valence-electron chi connectivity index (χ4n) is 3.84. The first-order valence-electron chi connectivity index (χ1n) is 10.5. The van der Waals surface area contributed by atoms with Gasteiger partial charge in [-0.1, -0.05) is 80.2 Å². The zero-order valence-corrected chi connectivity index (χ0v) is 18.8. The summed E-state index contributed by atoms with van der Waals surface area (Å²) in [7, 11) is 0. The Morgan fingerprint density at radius 2 is 1.87 bits per heavy atom. The fourth-order valence-corrected chi connectivity index (χ4v) is 4.84. The highest BCUT2D eigenvalue weighted by Crippen LogP contribution is 2.40. The number of hydrogen-bond acceptors (Lipinski definition) is 5. The van der Waals surface area contributed by atoms with E-state index in [4.69, 9.17) is 4.74 Å². The van der Waals surface area contributed by atoms with E-state index in [0.717, 1.165) is 11.1 Å². The van der Waals surface area contributed by atoms with Crippen LogP contribution < -0.4 is 0 Å². The number of carbonyl (C=O) groups is 2. The lowest BCUT2D eigenvalue weighted by molar-refractivity contribution is -0.141. The van der Waals surface area contributed by atoms with Crippen molar-refractivity contribution in [1.29, 1.82) is 0 Å². The van der Waals surface area contributed by atoms with Crippen LogP contribution in [0.25, 0.3) is 0 Å². The largest absolute Gasteiger partial charge is 0.457 e. The fraction of sp³-hybridized carbons (Fsp3) is 0.320. The molecule has 0 N–H and O–H groups in total. The van der Waals surface area contributed by atoms with Gasteiger partial charge in [-0.25, -0.2) is 9.79 Å². The van der Waals surface area contributed by atoms with Crippen molar-refractivity contribution in [3.8, 4) is 0 Å². The number of allylic oxidation sites excluding steroid dienone is 1. The van der Waals surface area contributed by atoms with Crippen LogP contribution in [0.1, 0.15) is 55.8 Å². The van der Waals surface area contributed by atoms with Crippen molar-refractivity contribution in [3.05, 3.63) is 82.6 Å². The maximum atomic E-state index is 13.2. The minimum Gasteiger partial charge on any atom is -0.457 e. The Kier molecular flexibility index (Phi) is 6.28. The molecule has 1 fully saturated rings. The molecule has 1 saturated heterocycles. The second-order valence-corrected chi connectivity index (χ2v) is 9.10. The molecule has 2 aromatic carbocycles. The Balaban J connectivity index is 1.70. The van der Waals surface area contributed by atoms with Crippen LogP contribution in [-0.2, 0) is 20.9 Å². The van der Waals surface area contributed by atoms with Crippen molar-refractivity contribution in [2.24, 2.45) is 4.99 Å². The molecule has 0 bridgehead atoms. The average molecular weight is 435 g/mol. The van der Waals surface area contributed by atoms with Crippen LogP contribution in [0.5, 0.6) is 0 Å². The van der Waals surface area contributed by atoms with E-state index in [2.05, 4.69) is 31.0 Å². The van der Waals surface area contributed by atoms with Gasteiger partial charge in [0, 0.05) is 12.2 Å². The molecule has 31 heavy (non-hydrogen) atoms. The molecule has 0 saturated carbocycles. The summed E-state index contributed by atoms with van der Waals surface area (Å²) in [6, 6.07) is 17.2. The topological polar surface area (TPSA) is 59.0 Å². The molecule has 1 amide bonds. The Bertz CT molecular complexity index is 1040. The molecule has 2 aliphatic rings. The van der Waals surface area contributed by atoms with Crippen LogP contribution >= 0.6 is 11.8 Å². The Labute approximate surface area is 187 Å². The minimum absolute atomic E-state index is 0.0173. The number of aliphatic imine (C=N–C) groups is 1. The monoisotopic (exact) mass is 434 g/mol. The molecule has 0 spiro atoms. The summed E-state index contributed by atoms with van der Waals surface area (Å²) in [5.41, 5.74) is 4.04. The van der Waals surface area contributed by atoms with Crippen molar-refractivity contribution in [3.63, 3.8) is 0 Å². The van der Waals surface area contributed by atoms with Crippen LogP contribution in [0.4, 0.5) is 0 Å². The van der Waals surface area contributed by atoms with Crippen LogP contribution in [0.3, 0.4) is 0 Å². The van der Waals surface area contributed by atoms with Gasteiger partial charge < -0.3 is 4.74 Å².